The van der Waals surface area contributed by atoms with Gasteiger partial charge in [-0.2, -0.15) is 10.1 Å². The Hall–Kier alpha value is -2.90. The molecule has 0 aliphatic heterocycles. The van der Waals surface area contributed by atoms with E-state index in [2.05, 4.69) is 46.4 Å². The van der Waals surface area contributed by atoms with Gasteiger partial charge in [0.1, 0.15) is 5.82 Å². The van der Waals surface area contributed by atoms with Crippen molar-refractivity contribution in [3.8, 4) is 0 Å². The fourth-order valence-corrected chi connectivity index (χ4v) is 3.64. The van der Waals surface area contributed by atoms with Crippen molar-refractivity contribution in [1.82, 2.24) is 24.5 Å². The Bertz CT molecular complexity index is 1270. The number of aliphatic hydroxyl groups excluding tert-OH is 1. The molecule has 0 bridgehead atoms. The summed E-state index contributed by atoms with van der Waals surface area (Å²) in [6.07, 6.45) is 3.52. The van der Waals surface area contributed by atoms with Crippen LogP contribution in [0.1, 0.15) is 5.56 Å². The number of anilines is 4. The molecule has 166 valence electrons. The van der Waals surface area contributed by atoms with E-state index in [1.54, 1.807) is 10.9 Å². The highest BCUT2D eigenvalue weighted by Crippen LogP contribution is 2.27. The second-order valence-corrected chi connectivity index (χ2v) is 8.40. The lowest BCUT2D eigenvalue weighted by atomic mass is 10.2. The quantitative estimate of drug-likeness (QED) is 0.213. The first kappa shape index (κ1) is 22.3. The molecule has 0 amide bonds. The van der Waals surface area contributed by atoms with Crippen LogP contribution < -0.4 is 15.4 Å². The maximum Gasteiger partial charge on any atom is 0.232 e. The maximum atomic E-state index is 11.0. The first-order valence-corrected chi connectivity index (χ1v) is 11.5. The van der Waals surface area contributed by atoms with Gasteiger partial charge in [-0.3, -0.25) is 9.23 Å². The third-order valence-electron chi connectivity index (χ3n) is 4.54. The Labute approximate surface area is 194 Å². The van der Waals surface area contributed by atoms with Gasteiger partial charge in [0.15, 0.2) is 0 Å². The summed E-state index contributed by atoms with van der Waals surface area (Å²) in [7, 11) is 0. The van der Waals surface area contributed by atoms with E-state index in [4.69, 9.17) is 9.66 Å². The summed E-state index contributed by atoms with van der Waals surface area (Å²) in [6.45, 7) is 0.676. The molecule has 0 fully saturated rings. The van der Waals surface area contributed by atoms with Gasteiger partial charge in [-0.25, -0.2) is 13.9 Å². The van der Waals surface area contributed by atoms with Crippen LogP contribution in [0.15, 0.2) is 59.3 Å². The van der Waals surface area contributed by atoms with Crippen LogP contribution in [-0.2, 0) is 24.4 Å². The van der Waals surface area contributed by atoms with Gasteiger partial charge >= 0.3 is 0 Å². The monoisotopic (exact) mass is 517 g/mol. The Morgan fingerprint density at radius 1 is 1.16 bits per heavy atom. The molecule has 0 saturated carbocycles. The molecule has 2 aromatic heterocycles. The summed E-state index contributed by atoms with van der Waals surface area (Å²) in [5.41, 5.74) is 3.11. The molecule has 1 unspecified atom stereocenters. The Balaban J connectivity index is 1.54. The van der Waals surface area contributed by atoms with Crippen molar-refractivity contribution in [2.75, 3.05) is 17.2 Å². The number of fused-ring (bicyclic) bond motifs is 1. The lowest BCUT2D eigenvalue weighted by molar-refractivity contribution is 0.270. The van der Waals surface area contributed by atoms with Gasteiger partial charge in [0, 0.05) is 35.7 Å². The second kappa shape index (κ2) is 10.1. The molecular formula is C20H20BrN7O3S. The van der Waals surface area contributed by atoms with Gasteiger partial charge in [0.2, 0.25) is 17.2 Å². The maximum absolute atomic E-state index is 11.0. The summed E-state index contributed by atoms with van der Waals surface area (Å²) < 4.78 is 24.8. The molecule has 0 spiro atoms. The molecule has 0 aliphatic rings. The van der Waals surface area contributed by atoms with Crippen molar-refractivity contribution in [1.29, 1.82) is 0 Å². The average molecular weight is 518 g/mol. The molecule has 1 atom stereocenters. The van der Waals surface area contributed by atoms with Crippen molar-refractivity contribution in [2.24, 2.45) is 0 Å². The van der Waals surface area contributed by atoms with E-state index in [1.165, 1.54) is 0 Å². The number of aliphatic hydroxyl groups is 1. The molecule has 0 radical (unpaired) electrons. The van der Waals surface area contributed by atoms with Crippen LogP contribution in [0.25, 0.3) is 10.9 Å². The number of halogens is 1. The molecule has 12 heteroatoms. The Kier molecular flexibility index (Phi) is 7.07. The number of rotatable bonds is 9. The minimum atomic E-state index is -2.10. The number of aromatic nitrogens is 4. The van der Waals surface area contributed by atoms with Gasteiger partial charge in [0.25, 0.3) is 0 Å². The van der Waals surface area contributed by atoms with Gasteiger partial charge in [-0.1, -0.05) is 18.2 Å². The third kappa shape index (κ3) is 5.47. The number of para-hydroxylation sites is 1. The zero-order chi connectivity index (χ0) is 22.5. The van der Waals surface area contributed by atoms with E-state index in [0.717, 1.165) is 27.8 Å². The highest BCUT2D eigenvalue weighted by molar-refractivity contribution is 9.10. The van der Waals surface area contributed by atoms with Crippen molar-refractivity contribution in [3.05, 3.63) is 64.9 Å². The summed E-state index contributed by atoms with van der Waals surface area (Å²) in [5.74, 6) is 0.922. The van der Waals surface area contributed by atoms with Gasteiger partial charge < -0.3 is 15.7 Å². The SMILES string of the molecule is O=S(O)NCc1ccccc1Nc1nc(Nc2ccc3cn(CCO)nc3c2)ncc1Br. The van der Waals surface area contributed by atoms with Crippen LogP contribution in [-0.4, -0.2) is 40.2 Å². The summed E-state index contributed by atoms with van der Waals surface area (Å²) in [6, 6.07) is 13.1. The van der Waals surface area contributed by atoms with Crippen molar-refractivity contribution in [2.45, 2.75) is 13.1 Å². The number of hydrogen-bond acceptors (Lipinski definition) is 7. The fourth-order valence-electron chi connectivity index (χ4n) is 3.07. The van der Waals surface area contributed by atoms with E-state index in [0.29, 0.717) is 22.8 Å². The number of nitrogens with zero attached hydrogens (tertiary/aromatic N) is 4. The lowest BCUT2D eigenvalue weighted by Crippen LogP contribution is -2.16. The van der Waals surface area contributed by atoms with Crippen LogP contribution in [0, 0.1) is 0 Å². The zero-order valence-electron chi connectivity index (χ0n) is 16.7. The number of benzene rings is 2. The van der Waals surface area contributed by atoms with Crippen LogP contribution in [0.2, 0.25) is 0 Å². The summed E-state index contributed by atoms with van der Waals surface area (Å²) in [4.78, 5) is 8.86. The summed E-state index contributed by atoms with van der Waals surface area (Å²) >= 11 is 1.35. The molecular weight excluding hydrogens is 498 g/mol. The van der Waals surface area contributed by atoms with Crippen molar-refractivity contribution >= 4 is 61.2 Å². The Morgan fingerprint density at radius 3 is 2.81 bits per heavy atom. The second-order valence-electron chi connectivity index (χ2n) is 6.76. The van der Waals surface area contributed by atoms with Crippen molar-refractivity contribution in [3.63, 3.8) is 0 Å². The van der Waals surface area contributed by atoms with Gasteiger partial charge in [-0.15, -0.1) is 0 Å². The standard InChI is InChI=1S/C20H20BrN7O3S/c21-16-11-22-20(24-15-6-5-14-12-28(7-8-29)27-18(14)9-15)26-19(16)25-17-4-2-1-3-13(17)10-23-32(30)31/h1-6,9,11-12,23,29H,7-8,10H2,(H,30,31)(H2,22,24,25,26). The lowest BCUT2D eigenvalue weighted by Gasteiger charge is -2.13. The van der Waals surface area contributed by atoms with Crippen LogP contribution in [0.5, 0.6) is 0 Å². The van der Waals surface area contributed by atoms with E-state index in [1.807, 2.05) is 48.7 Å². The first-order chi connectivity index (χ1) is 15.5. The van der Waals surface area contributed by atoms with Gasteiger partial charge in [-0.05, 0) is 45.8 Å². The number of nitrogens with one attached hydrogen (secondary N) is 3. The Morgan fingerprint density at radius 2 is 2.00 bits per heavy atom. The predicted molar refractivity (Wildman–Crippen MR) is 127 cm³/mol. The van der Waals surface area contributed by atoms with Crippen LogP contribution in [0.4, 0.5) is 23.1 Å². The van der Waals surface area contributed by atoms with Crippen LogP contribution >= 0.6 is 15.9 Å². The van der Waals surface area contributed by atoms with E-state index in [-0.39, 0.29) is 13.2 Å². The zero-order valence-corrected chi connectivity index (χ0v) is 19.1. The average Bonchev–Trinajstić information content (AvgIpc) is 3.17. The fraction of sp³-hybridized carbons (Fsp3) is 0.150. The van der Waals surface area contributed by atoms with Crippen molar-refractivity contribution < 1.29 is 13.9 Å². The highest BCUT2D eigenvalue weighted by atomic mass is 79.9. The smallest absolute Gasteiger partial charge is 0.232 e. The molecule has 2 heterocycles. The minimum absolute atomic E-state index is 0.0264. The number of hydrogen-bond donors (Lipinski definition) is 5. The van der Waals surface area contributed by atoms with Gasteiger partial charge in [0.05, 0.1) is 23.1 Å². The molecule has 4 rings (SSSR count). The van der Waals surface area contributed by atoms with Crippen LogP contribution in [0.3, 0.4) is 0 Å². The molecule has 5 N–H and O–H groups in total. The predicted octanol–water partition coefficient (Wildman–Crippen LogP) is 3.29. The molecule has 32 heavy (non-hydrogen) atoms. The van der Waals surface area contributed by atoms with E-state index in [9.17, 15) is 4.21 Å². The van der Waals surface area contributed by atoms with E-state index >= 15 is 0 Å². The van der Waals surface area contributed by atoms with E-state index < -0.39 is 11.3 Å². The molecule has 10 nitrogen and oxygen atoms in total. The highest BCUT2D eigenvalue weighted by Gasteiger charge is 2.10. The first-order valence-electron chi connectivity index (χ1n) is 9.59. The molecule has 4 aromatic rings. The summed E-state index contributed by atoms with van der Waals surface area (Å²) in [5, 5.41) is 20.9. The largest absolute Gasteiger partial charge is 0.394 e. The molecule has 0 saturated heterocycles. The minimum Gasteiger partial charge on any atom is -0.394 e. The third-order valence-corrected chi connectivity index (χ3v) is 5.51. The topological polar surface area (TPSA) is 137 Å². The molecule has 0 aliphatic carbocycles. The normalized spacial score (nSPS) is 12.1. The molecule has 2 aromatic carbocycles.